The number of carbonyl (C=O) groups excluding carboxylic acids is 1. The Labute approximate surface area is 154 Å². The molecule has 140 valence electrons. The number of aromatic nitrogens is 2. The molecular weight excluding hydrogens is 332 g/mol. The molecule has 0 N–H and O–H groups in total. The Bertz CT molecular complexity index is 734. The van der Waals surface area contributed by atoms with Gasteiger partial charge in [0.2, 0.25) is 0 Å². The number of hydrogen-bond donors (Lipinski definition) is 0. The molecule has 0 unspecified atom stereocenters. The van der Waals surface area contributed by atoms with Gasteiger partial charge in [-0.15, -0.1) is 0 Å². The van der Waals surface area contributed by atoms with Crippen molar-refractivity contribution in [2.75, 3.05) is 44.8 Å². The van der Waals surface area contributed by atoms with Crippen molar-refractivity contribution in [1.29, 1.82) is 0 Å². The fourth-order valence-electron chi connectivity index (χ4n) is 3.14. The van der Waals surface area contributed by atoms with Gasteiger partial charge in [-0.2, -0.15) is 5.10 Å². The first-order valence-electron chi connectivity index (χ1n) is 8.93. The Hall–Kier alpha value is -2.54. The average Bonchev–Trinajstić information content (AvgIpc) is 3.03. The monoisotopic (exact) mass is 358 g/mol. The highest BCUT2D eigenvalue weighted by atomic mass is 16.5. The Kier molecular flexibility index (Phi) is 5.78. The first-order valence-corrected chi connectivity index (χ1v) is 8.93. The van der Waals surface area contributed by atoms with Crippen LogP contribution in [0, 0.1) is 6.92 Å². The molecule has 2 aromatic rings. The lowest BCUT2D eigenvalue weighted by Crippen LogP contribution is -2.46. The third-order valence-electron chi connectivity index (χ3n) is 4.60. The zero-order valence-electron chi connectivity index (χ0n) is 15.6. The number of esters is 1. The van der Waals surface area contributed by atoms with Crippen molar-refractivity contribution in [3.63, 3.8) is 0 Å². The van der Waals surface area contributed by atoms with E-state index in [1.54, 1.807) is 20.2 Å². The molecule has 0 aliphatic carbocycles. The number of anilines is 1. The van der Waals surface area contributed by atoms with Gasteiger partial charge in [0.15, 0.2) is 0 Å². The third-order valence-corrected chi connectivity index (χ3v) is 4.60. The van der Waals surface area contributed by atoms with E-state index >= 15 is 0 Å². The van der Waals surface area contributed by atoms with Crippen molar-refractivity contribution >= 4 is 11.7 Å². The number of piperazine rings is 1. The van der Waals surface area contributed by atoms with E-state index in [1.807, 2.05) is 23.7 Å². The Morgan fingerprint density at radius 3 is 2.46 bits per heavy atom. The van der Waals surface area contributed by atoms with Gasteiger partial charge in [0, 0.05) is 38.1 Å². The van der Waals surface area contributed by atoms with Gasteiger partial charge in [-0.1, -0.05) is 0 Å². The Balaban J connectivity index is 1.55. The molecule has 1 saturated heterocycles. The normalized spacial score (nSPS) is 15.1. The quantitative estimate of drug-likeness (QED) is 0.738. The summed E-state index contributed by atoms with van der Waals surface area (Å²) in [4.78, 5) is 16.6. The van der Waals surface area contributed by atoms with Gasteiger partial charge in [-0.25, -0.2) is 4.79 Å². The highest BCUT2D eigenvalue weighted by molar-refractivity contribution is 5.90. The molecule has 26 heavy (non-hydrogen) atoms. The second-order valence-electron chi connectivity index (χ2n) is 6.33. The summed E-state index contributed by atoms with van der Waals surface area (Å²) in [5, 5.41) is 4.45. The van der Waals surface area contributed by atoms with Crippen molar-refractivity contribution in [1.82, 2.24) is 14.7 Å². The van der Waals surface area contributed by atoms with E-state index in [1.165, 1.54) is 5.69 Å². The van der Waals surface area contributed by atoms with Gasteiger partial charge in [0.1, 0.15) is 11.3 Å². The predicted molar refractivity (Wildman–Crippen MR) is 99.7 cm³/mol. The summed E-state index contributed by atoms with van der Waals surface area (Å²) in [7, 11) is 1.68. The van der Waals surface area contributed by atoms with Crippen LogP contribution >= 0.6 is 0 Å². The molecule has 0 spiro atoms. The molecule has 1 aromatic carbocycles. The highest BCUT2D eigenvalue weighted by Gasteiger charge is 2.19. The maximum Gasteiger partial charge on any atom is 0.341 e. The summed E-state index contributed by atoms with van der Waals surface area (Å²) in [5.74, 6) is 0.569. The van der Waals surface area contributed by atoms with Crippen molar-refractivity contribution in [2.24, 2.45) is 0 Å². The first kappa shape index (κ1) is 18.3. The minimum atomic E-state index is -0.305. The fraction of sp³-hybridized carbons (Fsp3) is 0.474. The molecule has 1 aliphatic heterocycles. The zero-order chi connectivity index (χ0) is 18.5. The van der Waals surface area contributed by atoms with Gasteiger partial charge in [-0.05, 0) is 38.1 Å². The van der Waals surface area contributed by atoms with Crippen LogP contribution in [0.5, 0.6) is 5.75 Å². The van der Waals surface area contributed by atoms with Crippen LogP contribution in [0.25, 0.3) is 0 Å². The molecule has 2 heterocycles. The predicted octanol–water partition coefficient (Wildman–Crippen LogP) is 2.16. The smallest absolute Gasteiger partial charge is 0.341 e. The van der Waals surface area contributed by atoms with Crippen LogP contribution in [-0.4, -0.2) is 60.5 Å². The third kappa shape index (κ3) is 4.16. The number of methoxy groups -OCH3 is 1. The van der Waals surface area contributed by atoms with E-state index in [9.17, 15) is 4.79 Å². The SMILES string of the molecule is CCOC(=O)c1cn(CN2CCN(c3ccc(OC)cc3)CC2)nc1C. The molecule has 3 rings (SSSR count). The molecule has 1 aliphatic rings. The van der Waals surface area contributed by atoms with Crippen LogP contribution in [-0.2, 0) is 11.4 Å². The topological polar surface area (TPSA) is 59.8 Å². The van der Waals surface area contributed by atoms with E-state index in [2.05, 4.69) is 27.0 Å². The molecule has 1 fully saturated rings. The molecular formula is C19H26N4O3. The molecule has 7 nitrogen and oxygen atoms in total. The standard InChI is InChI=1S/C19H26N4O3/c1-4-26-19(24)18-13-23(20-15(18)2)14-21-9-11-22(12-10-21)16-5-7-17(25-3)8-6-16/h5-8,13H,4,9-12,14H2,1-3H3. The molecule has 1 aromatic heterocycles. The molecule has 7 heteroatoms. The Morgan fingerprint density at radius 1 is 1.15 bits per heavy atom. The van der Waals surface area contributed by atoms with E-state index in [0.717, 1.165) is 31.9 Å². The summed E-state index contributed by atoms with van der Waals surface area (Å²) in [6.45, 7) is 8.49. The maximum atomic E-state index is 11.9. The van der Waals surface area contributed by atoms with E-state index in [0.29, 0.717) is 24.5 Å². The van der Waals surface area contributed by atoms with Gasteiger partial charge in [0.25, 0.3) is 0 Å². The van der Waals surface area contributed by atoms with E-state index in [4.69, 9.17) is 9.47 Å². The summed E-state index contributed by atoms with van der Waals surface area (Å²) in [6.07, 6.45) is 1.78. The number of nitrogens with zero attached hydrogens (tertiary/aromatic N) is 4. The number of aryl methyl sites for hydroxylation is 1. The first-order chi connectivity index (χ1) is 12.6. The van der Waals surface area contributed by atoms with Gasteiger partial charge < -0.3 is 14.4 Å². The molecule has 0 atom stereocenters. The lowest BCUT2D eigenvalue weighted by Gasteiger charge is -2.36. The summed E-state index contributed by atoms with van der Waals surface area (Å²) in [6, 6.07) is 8.17. The Morgan fingerprint density at radius 2 is 1.85 bits per heavy atom. The maximum absolute atomic E-state index is 11.9. The molecule has 0 amide bonds. The van der Waals surface area contributed by atoms with Crippen LogP contribution in [0.3, 0.4) is 0 Å². The van der Waals surface area contributed by atoms with Crippen LogP contribution in [0.1, 0.15) is 23.0 Å². The summed E-state index contributed by atoms with van der Waals surface area (Å²) < 4.78 is 12.1. The largest absolute Gasteiger partial charge is 0.497 e. The zero-order valence-corrected chi connectivity index (χ0v) is 15.6. The number of hydrogen-bond acceptors (Lipinski definition) is 6. The van der Waals surface area contributed by atoms with Gasteiger partial charge in [-0.3, -0.25) is 9.58 Å². The lowest BCUT2D eigenvalue weighted by atomic mass is 10.2. The number of rotatable bonds is 6. The van der Waals surface area contributed by atoms with Gasteiger partial charge in [0.05, 0.1) is 26.1 Å². The van der Waals surface area contributed by atoms with Crippen molar-refractivity contribution in [3.05, 3.63) is 41.7 Å². The van der Waals surface area contributed by atoms with Crippen molar-refractivity contribution in [3.8, 4) is 5.75 Å². The fourth-order valence-corrected chi connectivity index (χ4v) is 3.14. The van der Waals surface area contributed by atoms with E-state index in [-0.39, 0.29) is 5.97 Å². The number of carbonyl (C=O) groups is 1. The molecule has 0 saturated carbocycles. The summed E-state index contributed by atoms with van der Waals surface area (Å²) >= 11 is 0. The second-order valence-corrected chi connectivity index (χ2v) is 6.33. The minimum Gasteiger partial charge on any atom is -0.497 e. The number of ether oxygens (including phenoxy) is 2. The summed E-state index contributed by atoms with van der Waals surface area (Å²) in [5.41, 5.74) is 2.47. The van der Waals surface area contributed by atoms with Gasteiger partial charge >= 0.3 is 5.97 Å². The second kappa shape index (κ2) is 8.23. The highest BCUT2D eigenvalue weighted by Crippen LogP contribution is 2.20. The van der Waals surface area contributed by atoms with Crippen LogP contribution in [0.15, 0.2) is 30.5 Å². The lowest BCUT2D eigenvalue weighted by molar-refractivity contribution is 0.0525. The molecule has 0 radical (unpaired) electrons. The van der Waals surface area contributed by atoms with E-state index < -0.39 is 0 Å². The van der Waals surface area contributed by atoms with Crippen LogP contribution < -0.4 is 9.64 Å². The van der Waals surface area contributed by atoms with Crippen LogP contribution in [0.2, 0.25) is 0 Å². The van der Waals surface area contributed by atoms with Crippen molar-refractivity contribution in [2.45, 2.75) is 20.5 Å². The van der Waals surface area contributed by atoms with Crippen molar-refractivity contribution < 1.29 is 14.3 Å². The number of benzene rings is 1. The average molecular weight is 358 g/mol. The minimum absolute atomic E-state index is 0.305. The van der Waals surface area contributed by atoms with Crippen LogP contribution in [0.4, 0.5) is 5.69 Å². The molecule has 0 bridgehead atoms.